The van der Waals surface area contributed by atoms with E-state index < -0.39 is 17.2 Å². The molecule has 1 saturated carbocycles. The van der Waals surface area contributed by atoms with Crippen LogP contribution >= 0.6 is 12.4 Å². The van der Waals surface area contributed by atoms with Crippen LogP contribution in [0.1, 0.15) is 43.7 Å². The lowest BCUT2D eigenvalue weighted by molar-refractivity contribution is -0.137. The zero-order chi connectivity index (χ0) is 17.1. The van der Waals surface area contributed by atoms with Crippen molar-refractivity contribution >= 4 is 18.3 Å². The van der Waals surface area contributed by atoms with Gasteiger partial charge in [-0.05, 0) is 24.5 Å². The second kappa shape index (κ2) is 8.21. The van der Waals surface area contributed by atoms with E-state index in [1.807, 2.05) is 0 Å². The molecule has 1 fully saturated rings. The molecule has 2 rings (SSSR count). The maximum Gasteiger partial charge on any atom is 0.416 e. The molecule has 1 aromatic carbocycles. The smallest absolute Gasteiger partial charge is 0.355 e. The first-order valence-corrected chi connectivity index (χ1v) is 7.94. The minimum atomic E-state index is -4.35. The van der Waals surface area contributed by atoms with Gasteiger partial charge in [-0.3, -0.25) is 4.79 Å². The van der Waals surface area contributed by atoms with Gasteiger partial charge in [-0.25, -0.2) is 0 Å². The number of alkyl halides is 3. The molecule has 0 heterocycles. The highest BCUT2D eigenvalue weighted by Gasteiger charge is 2.38. The van der Waals surface area contributed by atoms with Crippen LogP contribution in [0.25, 0.3) is 0 Å². The predicted molar refractivity (Wildman–Crippen MR) is 90.1 cm³/mol. The highest BCUT2D eigenvalue weighted by molar-refractivity contribution is 5.85. The summed E-state index contributed by atoms with van der Waals surface area (Å²) in [6.07, 6.45) is -0.874. The quantitative estimate of drug-likeness (QED) is 0.837. The molecule has 1 atom stereocenters. The lowest BCUT2D eigenvalue weighted by Gasteiger charge is -2.31. The number of carbonyl (C=O) groups excluding carboxylic acids is 1. The first-order chi connectivity index (χ1) is 10.8. The highest BCUT2D eigenvalue weighted by atomic mass is 35.5. The van der Waals surface area contributed by atoms with Gasteiger partial charge in [0.25, 0.3) is 0 Å². The molecule has 7 heteroatoms. The van der Waals surface area contributed by atoms with Gasteiger partial charge in [0, 0.05) is 24.4 Å². The molecule has 0 aliphatic heterocycles. The molecule has 0 spiro atoms. The zero-order valence-corrected chi connectivity index (χ0v) is 14.5. The second-order valence-electron chi connectivity index (χ2n) is 6.42. The summed E-state index contributed by atoms with van der Waals surface area (Å²) in [5.74, 6) is -0.444. The average Bonchev–Trinajstić information content (AvgIpc) is 3.01. The Kier molecular flexibility index (Phi) is 7.10. The Morgan fingerprint density at radius 2 is 1.96 bits per heavy atom. The molecule has 3 nitrogen and oxygen atoms in total. The van der Waals surface area contributed by atoms with Crippen LogP contribution in [0.5, 0.6) is 0 Å². The summed E-state index contributed by atoms with van der Waals surface area (Å²) in [7, 11) is 0. The van der Waals surface area contributed by atoms with Crippen molar-refractivity contribution in [1.82, 2.24) is 5.32 Å². The Bertz CT molecular complexity index is 557. The van der Waals surface area contributed by atoms with E-state index in [4.69, 9.17) is 5.73 Å². The summed E-state index contributed by atoms with van der Waals surface area (Å²) < 4.78 is 38.9. The van der Waals surface area contributed by atoms with Crippen LogP contribution in [0, 0.1) is 5.92 Å². The molecule has 136 valence electrons. The number of benzene rings is 1. The molecule has 1 aliphatic rings. The lowest BCUT2D eigenvalue weighted by atomic mass is 9.78. The number of hydrogen-bond acceptors (Lipinski definition) is 2. The highest BCUT2D eigenvalue weighted by Crippen LogP contribution is 2.42. The Labute approximate surface area is 146 Å². The van der Waals surface area contributed by atoms with Gasteiger partial charge in [-0.15, -0.1) is 12.4 Å². The van der Waals surface area contributed by atoms with Crippen LogP contribution in [-0.4, -0.2) is 19.0 Å². The molecule has 0 bridgehead atoms. The largest absolute Gasteiger partial charge is 0.416 e. The van der Waals surface area contributed by atoms with Crippen LogP contribution in [0.4, 0.5) is 13.2 Å². The summed E-state index contributed by atoms with van der Waals surface area (Å²) in [5, 5.41) is 2.87. The van der Waals surface area contributed by atoms with Crippen LogP contribution in [0.2, 0.25) is 0 Å². The van der Waals surface area contributed by atoms with E-state index >= 15 is 0 Å². The van der Waals surface area contributed by atoms with Crippen molar-refractivity contribution in [1.29, 1.82) is 0 Å². The third kappa shape index (κ3) is 4.63. The van der Waals surface area contributed by atoms with Crippen molar-refractivity contribution in [2.75, 3.05) is 13.1 Å². The second-order valence-corrected chi connectivity index (χ2v) is 6.42. The summed E-state index contributed by atoms with van der Waals surface area (Å²) in [6, 6.07) is 5.49. The van der Waals surface area contributed by atoms with E-state index in [2.05, 4.69) is 5.32 Å². The molecule has 0 radical (unpaired) electrons. The zero-order valence-electron chi connectivity index (χ0n) is 13.7. The van der Waals surface area contributed by atoms with Gasteiger partial charge >= 0.3 is 6.18 Å². The van der Waals surface area contributed by atoms with E-state index in [0.717, 1.165) is 31.7 Å². The number of rotatable bonds is 5. The third-order valence-corrected chi connectivity index (χ3v) is 4.77. The van der Waals surface area contributed by atoms with Crippen LogP contribution < -0.4 is 11.1 Å². The van der Waals surface area contributed by atoms with Crippen molar-refractivity contribution in [3.05, 3.63) is 35.4 Å². The van der Waals surface area contributed by atoms with Crippen molar-refractivity contribution < 1.29 is 18.0 Å². The molecule has 1 unspecified atom stereocenters. The molecule has 0 saturated heterocycles. The molecular weight excluding hydrogens is 341 g/mol. The fourth-order valence-electron chi connectivity index (χ4n) is 3.18. The SMILES string of the molecule is CC(CN)C(=O)NCC1(c2cccc(C(F)(F)F)c2)CCCC1.Cl. The third-order valence-electron chi connectivity index (χ3n) is 4.77. The molecule has 1 aromatic rings. The standard InChI is InChI=1S/C17H23F3N2O.ClH/c1-12(10-21)15(23)22-11-16(7-2-3-8-16)13-5-4-6-14(9-13)17(18,19)20;/h4-6,9,12H,2-3,7-8,10-11,21H2,1H3,(H,22,23);1H. The fraction of sp³-hybridized carbons (Fsp3) is 0.588. The maximum absolute atomic E-state index is 13.0. The van der Waals surface area contributed by atoms with E-state index in [0.29, 0.717) is 12.1 Å². The van der Waals surface area contributed by atoms with Gasteiger partial charge in [0.05, 0.1) is 5.56 Å². The van der Waals surface area contributed by atoms with E-state index in [1.54, 1.807) is 13.0 Å². The van der Waals surface area contributed by atoms with Crippen molar-refractivity contribution in [2.24, 2.45) is 11.7 Å². The van der Waals surface area contributed by atoms with E-state index in [1.165, 1.54) is 12.1 Å². The normalized spacial score (nSPS) is 17.9. The number of carbonyl (C=O) groups is 1. The van der Waals surface area contributed by atoms with Gasteiger partial charge in [-0.2, -0.15) is 13.2 Å². The monoisotopic (exact) mass is 364 g/mol. The van der Waals surface area contributed by atoms with Gasteiger partial charge < -0.3 is 11.1 Å². The molecule has 24 heavy (non-hydrogen) atoms. The van der Waals surface area contributed by atoms with E-state index in [9.17, 15) is 18.0 Å². The first-order valence-electron chi connectivity index (χ1n) is 7.94. The van der Waals surface area contributed by atoms with Gasteiger partial charge in [0.15, 0.2) is 0 Å². The lowest BCUT2D eigenvalue weighted by Crippen LogP contribution is -2.42. The van der Waals surface area contributed by atoms with Crippen LogP contribution in [-0.2, 0) is 16.4 Å². The summed E-state index contributed by atoms with van der Waals surface area (Å²) in [5.41, 5.74) is 5.09. The fourth-order valence-corrected chi connectivity index (χ4v) is 3.18. The van der Waals surface area contributed by atoms with Crippen molar-refractivity contribution in [2.45, 2.75) is 44.2 Å². The number of amides is 1. The van der Waals surface area contributed by atoms with Crippen molar-refractivity contribution in [3.8, 4) is 0 Å². The number of hydrogen-bond donors (Lipinski definition) is 2. The summed E-state index contributed by atoms with van der Waals surface area (Å²) in [6.45, 7) is 2.35. The van der Waals surface area contributed by atoms with Crippen LogP contribution in [0.3, 0.4) is 0 Å². The van der Waals surface area contributed by atoms with E-state index in [-0.39, 0.29) is 30.8 Å². The Morgan fingerprint density at radius 1 is 1.33 bits per heavy atom. The topological polar surface area (TPSA) is 55.1 Å². The molecule has 0 aromatic heterocycles. The summed E-state index contributed by atoms with van der Waals surface area (Å²) in [4.78, 5) is 12.0. The Hall–Kier alpha value is -1.27. The number of nitrogens with two attached hydrogens (primary N) is 1. The molecular formula is C17H24ClF3N2O. The average molecular weight is 365 g/mol. The molecule has 3 N–H and O–H groups in total. The minimum Gasteiger partial charge on any atom is -0.355 e. The number of nitrogens with one attached hydrogen (secondary N) is 1. The Balaban J connectivity index is 0.00000288. The van der Waals surface area contributed by atoms with Gasteiger partial charge in [0.2, 0.25) is 5.91 Å². The summed E-state index contributed by atoms with van der Waals surface area (Å²) >= 11 is 0. The molecule has 1 aliphatic carbocycles. The van der Waals surface area contributed by atoms with Gasteiger partial charge in [-0.1, -0.05) is 38.0 Å². The predicted octanol–water partition coefficient (Wildman–Crippen LogP) is 3.65. The number of halogens is 4. The first kappa shape index (κ1) is 20.8. The maximum atomic E-state index is 13.0. The van der Waals surface area contributed by atoms with Crippen molar-refractivity contribution in [3.63, 3.8) is 0 Å². The van der Waals surface area contributed by atoms with Crippen LogP contribution in [0.15, 0.2) is 24.3 Å². The van der Waals surface area contributed by atoms with Gasteiger partial charge in [0.1, 0.15) is 0 Å². The Morgan fingerprint density at radius 3 is 2.50 bits per heavy atom. The molecule has 1 amide bonds. The minimum absolute atomic E-state index is 0.